The zero-order valence-corrected chi connectivity index (χ0v) is 19.8. The predicted molar refractivity (Wildman–Crippen MR) is 132 cm³/mol. The lowest BCUT2D eigenvalue weighted by molar-refractivity contribution is -0.119. The van der Waals surface area contributed by atoms with Gasteiger partial charge < -0.3 is 20.8 Å². The Labute approximate surface area is 198 Å². The molecule has 4 aromatic rings. The van der Waals surface area contributed by atoms with Crippen LogP contribution in [0.2, 0.25) is 0 Å². The Balaban J connectivity index is 1.51. The summed E-state index contributed by atoms with van der Waals surface area (Å²) in [6, 6.07) is 8.09. The van der Waals surface area contributed by atoms with Crippen LogP contribution >= 0.6 is 0 Å². The Bertz CT molecular complexity index is 1330. The Kier molecular flexibility index (Phi) is 5.85. The van der Waals surface area contributed by atoms with Crippen LogP contribution < -0.4 is 15.8 Å². The van der Waals surface area contributed by atoms with Crippen molar-refractivity contribution in [2.24, 2.45) is 5.92 Å². The van der Waals surface area contributed by atoms with Crippen molar-refractivity contribution in [3.63, 3.8) is 0 Å². The largest absolute Gasteiger partial charge is 0.489 e. The summed E-state index contributed by atoms with van der Waals surface area (Å²) in [5.41, 5.74) is 9.59. The molecule has 9 heteroatoms. The molecule has 1 amide bonds. The van der Waals surface area contributed by atoms with Crippen LogP contribution in [0, 0.1) is 5.92 Å². The number of H-pyrrole nitrogens is 1. The van der Waals surface area contributed by atoms with Gasteiger partial charge in [0, 0.05) is 24.8 Å². The quantitative estimate of drug-likeness (QED) is 0.398. The molecule has 1 aromatic carbocycles. The van der Waals surface area contributed by atoms with E-state index in [0.717, 1.165) is 71.6 Å². The van der Waals surface area contributed by atoms with E-state index < -0.39 is 0 Å². The van der Waals surface area contributed by atoms with Crippen molar-refractivity contribution in [1.82, 2.24) is 29.9 Å². The molecule has 0 spiro atoms. The maximum absolute atomic E-state index is 11.3. The molecule has 1 aliphatic rings. The summed E-state index contributed by atoms with van der Waals surface area (Å²) < 4.78 is 7.86. The number of hydrogen-bond donors (Lipinski definition) is 3. The maximum atomic E-state index is 11.3. The van der Waals surface area contributed by atoms with Crippen LogP contribution in [0.15, 0.2) is 30.6 Å². The predicted octanol–water partition coefficient (Wildman–Crippen LogP) is 4.05. The summed E-state index contributed by atoms with van der Waals surface area (Å²) in [6.07, 6.45) is 5.62. The van der Waals surface area contributed by atoms with Gasteiger partial charge >= 0.3 is 0 Å². The summed E-state index contributed by atoms with van der Waals surface area (Å²) in [5, 5.41) is 8.52. The number of carbonyl (C=O) groups is 1. The SMILES string of the molecule is CC(=O)NC[C@H]1CC[C@H](c2nc(-c3cc4cccc(OC(C)C)c4[nH]3)c3c(N)ncnn32)CC1. The van der Waals surface area contributed by atoms with Crippen molar-refractivity contribution < 1.29 is 9.53 Å². The van der Waals surface area contributed by atoms with E-state index in [9.17, 15) is 4.79 Å². The molecule has 4 N–H and O–H groups in total. The number of ether oxygens (including phenoxy) is 1. The third-order valence-electron chi connectivity index (χ3n) is 6.57. The minimum atomic E-state index is 0.0264. The molecule has 1 saturated carbocycles. The molecule has 1 aliphatic carbocycles. The second-order valence-electron chi connectivity index (χ2n) is 9.45. The van der Waals surface area contributed by atoms with Crippen LogP contribution in [0.4, 0.5) is 5.82 Å². The van der Waals surface area contributed by atoms with E-state index in [-0.39, 0.29) is 17.9 Å². The number of nitrogens with zero attached hydrogens (tertiary/aromatic N) is 4. The Morgan fingerprint density at radius 3 is 2.82 bits per heavy atom. The third-order valence-corrected chi connectivity index (χ3v) is 6.57. The number of hydrogen-bond acceptors (Lipinski definition) is 6. The van der Waals surface area contributed by atoms with Gasteiger partial charge in [0.2, 0.25) is 5.91 Å². The molecule has 0 radical (unpaired) electrons. The van der Waals surface area contributed by atoms with Gasteiger partial charge in [-0.2, -0.15) is 5.10 Å². The van der Waals surface area contributed by atoms with Crippen LogP contribution in [0.25, 0.3) is 27.8 Å². The molecule has 0 saturated heterocycles. The van der Waals surface area contributed by atoms with E-state index in [1.165, 1.54) is 6.33 Å². The lowest BCUT2D eigenvalue weighted by Gasteiger charge is -2.27. The number of nitrogens with two attached hydrogens (primary N) is 1. The highest BCUT2D eigenvalue weighted by Gasteiger charge is 2.28. The van der Waals surface area contributed by atoms with E-state index in [2.05, 4.69) is 32.5 Å². The minimum absolute atomic E-state index is 0.0264. The van der Waals surface area contributed by atoms with Crippen molar-refractivity contribution >= 4 is 28.1 Å². The topological polar surface area (TPSA) is 123 Å². The van der Waals surface area contributed by atoms with Crippen LogP contribution in [0.1, 0.15) is 58.2 Å². The fourth-order valence-electron chi connectivity index (χ4n) is 4.95. The second kappa shape index (κ2) is 8.96. The summed E-state index contributed by atoms with van der Waals surface area (Å²) in [4.78, 5) is 24.1. The monoisotopic (exact) mass is 461 g/mol. The maximum Gasteiger partial charge on any atom is 0.216 e. The molecular formula is C25H31N7O2. The van der Waals surface area contributed by atoms with Crippen molar-refractivity contribution in [2.75, 3.05) is 12.3 Å². The van der Waals surface area contributed by atoms with Crippen LogP contribution in [0.3, 0.4) is 0 Å². The first kappa shape index (κ1) is 22.2. The zero-order chi connectivity index (χ0) is 23.8. The smallest absolute Gasteiger partial charge is 0.216 e. The number of aromatic nitrogens is 5. The highest BCUT2D eigenvalue weighted by Crippen LogP contribution is 2.39. The molecule has 5 rings (SSSR count). The Morgan fingerprint density at radius 1 is 1.29 bits per heavy atom. The van der Waals surface area contributed by atoms with Gasteiger partial charge in [0.1, 0.15) is 29.1 Å². The van der Waals surface area contributed by atoms with Crippen LogP contribution in [-0.2, 0) is 4.79 Å². The van der Waals surface area contributed by atoms with Gasteiger partial charge in [0.15, 0.2) is 5.82 Å². The first-order valence-electron chi connectivity index (χ1n) is 11.9. The van der Waals surface area contributed by atoms with Crippen molar-refractivity contribution in [3.8, 4) is 17.1 Å². The van der Waals surface area contributed by atoms with Gasteiger partial charge in [0.25, 0.3) is 0 Å². The van der Waals surface area contributed by atoms with E-state index in [1.54, 1.807) is 6.92 Å². The molecule has 0 atom stereocenters. The van der Waals surface area contributed by atoms with Gasteiger partial charge in [0.05, 0.1) is 17.3 Å². The summed E-state index contributed by atoms with van der Waals surface area (Å²) in [7, 11) is 0. The molecule has 3 aromatic heterocycles. The standard InChI is InChI=1S/C25H31N7O2/c1-14(2)34-20-6-4-5-18-11-19(30-21(18)20)22-23-24(26)28-13-29-32(23)25(31-22)17-9-7-16(8-10-17)12-27-15(3)33/h4-6,11,13-14,16-17,30H,7-10,12H2,1-3H3,(H,27,33)(H2,26,28,29)/t16-,17-. The van der Waals surface area contributed by atoms with E-state index >= 15 is 0 Å². The number of para-hydroxylation sites is 1. The lowest BCUT2D eigenvalue weighted by Crippen LogP contribution is -2.29. The normalized spacial score (nSPS) is 18.6. The molecule has 9 nitrogen and oxygen atoms in total. The molecule has 0 aliphatic heterocycles. The number of anilines is 1. The Hall–Kier alpha value is -3.62. The fourth-order valence-corrected chi connectivity index (χ4v) is 4.95. The number of carbonyl (C=O) groups excluding carboxylic acids is 1. The van der Waals surface area contributed by atoms with E-state index in [0.29, 0.717) is 11.7 Å². The first-order valence-corrected chi connectivity index (χ1v) is 11.9. The first-order chi connectivity index (χ1) is 16.4. The minimum Gasteiger partial charge on any atom is -0.489 e. The van der Waals surface area contributed by atoms with Crippen molar-refractivity contribution in [2.45, 2.75) is 58.5 Å². The van der Waals surface area contributed by atoms with Crippen molar-refractivity contribution in [3.05, 3.63) is 36.4 Å². The molecule has 34 heavy (non-hydrogen) atoms. The highest BCUT2D eigenvalue weighted by atomic mass is 16.5. The number of imidazole rings is 1. The molecule has 0 unspecified atom stereocenters. The second-order valence-corrected chi connectivity index (χ2v) is 9.45. The number of benzene rings is 1. The molecule has 0 bridgehead atoms. The zero-order valence-electron chi connectivity index (χ0n) is 19.8. The molecule has 178 valence electrons. The summed E-state index contributed by atoms with van der Waals surface area (Å²) in [5.74, 6) is 2.92. The fraction of sp³-hybridized carbons (Fsp3) is 0.440. The van der Waals surface area contributed by atoms with Gasteiger partial charge in [-0.3, -0.25) is 4.79 Å². The number of nitrogens with one attached hydrogen (secondary N) is 2. The number of fused-ring (bicyclic) bond motifs is 2. The van der Waals surface area contributed by atoms with Gasteiger partial charge in [-0.1, -0.05) is 12.1 Å². The summed E-state index contributed by atoms with van der Waals surface area (Å²) >= 11 is 0. The molecule has 1 fully saturated rings. The average molecular weight is 462 g/mol. The number of amides is 1. The van der Waals surface area contributed by atoms with Crippen LogP contribution in [-0.4, -0.2) is 43.1 Å². The van der Waals surface area contributed by atoms with E-state index in [1.807, 2.05) is 30.5 Å². The third kappa shape index (κ3) is 4.18. The number of nitrogen functional groups attached to an aromatic ring is 1. The van der Waals surface area contributed by atoms with Gasteiger partial charge in [-0.15, -0.1) is 0 Å². The average Bonchev–Trinajstić information content (AvgIpc) is 3.41. The lowest BCUT2D eigenvalue weighted by atomic mass is 9.81. The van der Waals surface area contributed by atoms with Gasteiger partial charge in [-0.25, -0.2) is 14.5 Å². The van der Waals surface area contributed by atoms with Crippen LogP contribution in [0.5, 0.6) is 5.75 Å². The van der Waals surface area contributed by atoms with E-state index in [4.69, 9.17) is 15.5 Å². The summed E-state index contributed by atoms with van der Waals surface area (Å²) in [6.45, 7) is 6.33. The van der Waals surface area contributed by atoms with Crippen molar-refractivity contribution in [1.29, 1.82) is 0 Å². The van der Waals surface area contributed by atoms with Gasteiger partial charge in [-0.05, 0) is 57.6 Å². The molecule has 3 heterocycles. The Morgan fingerprint density at radius 2 is 2.09 bits per heavy atom. The highest BCUT2D eigenvalue weighted by molar-refractivity contribution is 5.93. The molecular weight excluding hydrogens is 430 g/mol. The number of rotatable bonds is 6. The number of aromatic amines is 1.